The number of hydrogen-bond acceptors (Lipinski definition) is 5. The summed E-state index contributed by atoms with van der Waals surface area (Å²) >= 11 is 0. The lowest BCUT2D eigenvalue weighted by Gasteiger charge is -2.11. The van der Waals surface area contributed by atoms with Gasteiger partial charge in [-0.3, -0.25) is 9.59 Å². The number of phenols is 1. The molecule has 1 rings (SSSR count). The maximum Gasteiger partial charge on any atom is 0.320 e. The summed E-state index contributed by atoms with van der Waals surface area (Å²) in [7, 11) is 0. The number of aliphatic carboxylic acids is 1. The van der Waals surface area contributed by atoms with Gasteiger partial charge < -0.3 is 21.7 Å². The van der Waals surface area contributed by atoms with Crippen molar-refractivity contribution in [2.75, 3.05) is 6.54 Å². The Morgan fingerprint density at radius 1 is 1.35 bits per heavy atom. The van der Waals surface area contributed by atoms with Crippen molar-refractivity contribution in [1.82, 2.24) is 0 Å². The molecule has 6 N–H and O–H groups in total. The minimum absolute atomic E-state index is 0.0106. The SMILES string of the molecule is NCC(=O)c1cc(O)ccc1CC(N)C(=O)O. The van der Waals surface area contributed by atoms with Gasteiger partial charge in [-0.1, -0.05) is 6.07 Å². The van der Waals surface area contributed by atoms with E-state index >= 15 is 0 Å². The zero-order valence-corrected chi connectivity index (χ0v) is 9.09. The third-order valence-electron chi connectivity index (χ3n) is 2.34. The fourth-order valence-electron chi connectivity index (χ4n) is 1.44. The smallest absolute Gasteiger partial charge is 0.320 e. The molecule has 0 saturated carbocycles. The van der Waals surface area contributed by atoms with E-state index in [1.165, 1.54) is 18.2 Å². The Labute approximate surface area is 97.8 Å². The molecule has 0 bridgehead atoms. The fourth-order valence-corrected chi connectivity index (χ4v) is 1.44. The second-order valence-electron chi connectivity index (χ2n) is 3.62. The summed E-state index contributed by atoms with van der Waals surface area (Å²) in [6, 6.07) is 3.01. The van der Waals surface area contributed by atoms with Crippen LogP contribution in [0.4, 0.5) is 0 Å². The minimum Gasteiger partial charge on any atom is -0.508 e. The van der Waals surface area contributed by atoms with Crippen molar-refractivity contribution >= 4 is 11.8 Å². The lowest BCUT2D eigenvalue weighted by Crippen LogP contribution is -2.33. The molecule has 0 radical (unpaired) electrons. The van der Waals surface area contributed by atoms with Gasteiger partial charge in [0.15, 0.2) is 5.78 Å². The van der Waals surface area contributed by atoms with Crippen LogP contribution < -0.4 is 11.5 Å². The molecular weight excluding hydrogens is 224 g/mol. The first-order valence-electron chi connectivity index (χ1n) is 4.99. The van der Waals surface area contributed by atoms with E-state index in [1.54, 1.807) is 0 Å². The highest BCUT2D eigenvalue weighted by Gasteiger charge is 2.17. The number of hydrogen-bond donors (Lipinski definition) is 4. The molecule has 17 heavy (non-hydrogen) atoms. The number of carboxylic acids is 1. The molecule has 0 aliphatic rings. The van der Waals surface area contributed by atoms with E-state index in [2.05, 4.69) is 0 Å². The van der Waals surface area contributed by atoms with Gasteiger partial charge in [-0.2, -0.15) is 0 Å². The van der Waals surface area contributed by atoms with E-state index in [0.29, 0.717) is 5.56 Å². The molecule has 1 unspecified atom stereocenters. The van der Waals surface area contributed by atoms with Crippen LogP contribution >= 0.6 is 0 Å². The summed E-state index contributed by atoms with van der Waals surface area (Å²) in [6.45, 7) is -0.210. The summed E-state index contributed by atoms with van der Waals surface area (Å²) in [5, 5.41) is 18.0. The molecule has 1 aromatic carbocycles. The zero-order valence-electron chi connectivity index (χ0n) is 9.09. The predicted octanol–water partition coefficient (Wildman–Crippen LogP) is -0.512. The molecule has 1 aromatic rings. The number of phenolic OH excluding ortho intramolecular Hbond substituents is 1. The van der Waals surface area contributed by atoms with Gasteiger partial charge in [-0.05, 0) is 24.1 Å². The van der Waals surface area contributed by atoms with Crippen LogP contribution in [0.25, 0.3) is 0 Å². The maximum absolute atomic E-state index is 11.5. The van der Waals surface area contributed by atoms with Crippen molar-refractivity contribution < 1.29 is 19.8 Å². The van der Waals surface area contributed by atoms with Gasteiger partial charge in [0.2, 0.25) is 0 Å². The van der Waals surface area contributed by atoms with Gasteiger partial charge in [0.05, 0.1) is 6.54 Å². The minimum atomic E-state index is -1.15. The van der Waals surface area contributed by atoms with Gasteiger partial charge in [-0.25, -0.2) is 0 Å². The van der Waals surface area contributed by atoms with Crippen LogP contribution in [0.5, 0.6) is 5.75 Å². The van der Waals surface area contributed by atoms with Crippen LogP contribution in [0.3, 0.4) is 0 Å². The maximum atomic E-state index is 11.5. The van der Waals surface area contributed by atoms with E-state index < -0.39 is 12.0 Å². The number of carbonyl (C=O) groups excluding carboxylic acids is 1. The van der Waals surface area contributed by atoms with Crippen LogP contribution in [-0.2, 0) is 11.2 Å². The van der Waals surface area contributed by atoms with Gasteiger partial charge >= 0.3 is 5.97 Å². The molecule has 0 aromatic heterocycles. The summed E-state index contributed by atoms with van der Waals surface area (Å²) < 4.78 is 0. The molecule has 0 spiro atoms. The largest absolute Gasteiger partial charge is 0.508 e. The zero-order chi connectivity index (χ0) is 13.0. The highest BCUT2D eigenvalue weighted by Crippen LogP contribution is 2.18. The molecule has 0 saturated heterocycles. The van der Waals surface area contributed by atoms with E-state index in [-0.39, 0.29) is 30.1 Å². The molecule has 1 atom stereocenters. The van der Waals surface area contributed by atoms with Crippen LogP contribution in [0, 0.1) is 0 Å². The topological polar surface area (TPSA) is 127 Å². The standard InChI is InChI=1S/C11H14N2O4/c12-5-10(15)8-4-7(14)2-1-6(8)3-9(13)11(16)17/h1-2,4,9,14H,3,5,12-13H2,(H,16,17). The van der Waals surface area contributed by atoms with Gasteiger partial charge in [0.1, 0.15) is 11.8 Å². The van der Waals surface area contributed by atoms with Crippen LogP contribution in [0.2, 0.25) is 0 Å². The summed E-state index contributed by atoms with van der Waals surface area (Å²) in [6.07, 6.45) is 0.0106. The van der Waals surface area contributed by atoms with Gasteiger partial charge in [0.25, 0.3) is 0 Å². The molecule has 92 valence electrons. The van der Waals surface area contributed by atoms with Crippen LogP contribution in [-0.4, -0.2) is 34.6 Å². The Kier molecular flexibility index (Phi) is 4.19. The highest BCUT2D eigenvalue weighted by atomic mass is 16.4. The number of nitrogens with two attached hydrogens (primary N) is 2. The Hall–Kier alpha value is -1.92. The van der Waals surface area contributed by atoms with Gasteiger partial charge in [0, 0.05) is 5.56 Å². The number of Topliss-reactive ketones (excluding diaryl/α,β-unsaturated/α-hetero) is 1. The first kappa shape index (κ1) is 13.1. The third kappa shape index (κ3) is 3.27. The molecule has 0 amide bonds. The first-order chi connectivity index (χ1) is 7.95. The third-order valence-corrected chi connectivity index (χ3v) is 2.34. The Bertz CT molecular complexity index is 445. The second-order valence-corrected chi connectivity index (χ2v) is 3.62. The van der Waals surface area contributed by atoms with E-state index in [9.17, 15) is 14.7 Å². The Balaban J connectivity index is 3.06. The highest BCUT2D eigenvalue weighted by molar-refractivity contribution is 5.99. The number of benzene rings is 1. The van der Waals surface area contributed by atoms with Crippen LogP contribution in [0.1, 0.15) is 15.9 Å². The molecule has 0 fully saturated rings. The van der Waals surface area contributed by atoms with Crippen LogP contribution in [0.15, 0.2) is 18.2 Å². The molecule has 0 aliphatic heterocycles. The number of carbonyl (C=O) groups is 2. The van der Waals surface area contributed by atoms with Crippen molar-refractivity contribution in [1.29, 1.82) is 0 Å². The number of carboxylic acid groups (broad SMARTS) is 1. The molecular formula is C11H14N2O4. The van der Waals surface area contributed by atoms with Crippen molar-refractivity contribution in [3.63, 3.8) is 0 Å². The average Bonchev–Trinajstić information content (AvgIpc) is 2.30. The second kappa shape index (κ2) is 5.42. The molecule has 6 nitrogen and oxygen atoms in total. The van der Waals surface area contributed by atoms with E-state index in [1.807, 2.05) is 0 Å². The number of aromatic hydroxyl groups is 1. The molecule has 0 heterocycles. The summed E-state index contributed by atoms with van der Waals surface area (Å²) in [5.41, 5.74) is 11.3. The summed E-state index contributed by atoms with van der Waals surface area (Å²) in [5.74, 6) is -1.59. The summed E-state index contributed by atoms with van der Waals surface area (Å²) in [4.78, 5) is 22.2. The predicted molar refractivity (Wildman–Crippen MR) is 60.8 cm³/mol. The monoisotopic (exact) mass is 238 g/mol. The normalized spacial score (nSPS) is 12.1. The number of rotatable bonds is 5. The van der Waals surface area contributed by atoms with E-state index in [0.717, 1.165) is 0 Å². The van der Waals surface area contributed by atoms with Crippen molar-refractivity contribution in [3.05, 3.63) is 29.3 Å². The lowest BCUT2D eigenvalue weighted by molar-refractivity contribution is -0.138. The van der Waals surface area contributed by atoms with Gasteiger partial charge in [-0.15, -0.1) is 0 Å². The van der Waals surface area contributed by atoms with Crippen molar-refractivity contribution in [2.24, 2.45) is 11.5 Å². The molecule has 6 heteroatoms. The first-order valence-corrected chi connectivity index (χ1v) is 4.99. The Morgan fingerprint density at radius 2 is 2.00 bits per heavy atom. The fraction of sp³-hybridized carbons (Fsp3) is 0.273. The van der Waals surface area contributed by atoms with Crippen molar-refractivity contribution in [3.8, 4) is 5.75 Å². The van der Waals surface area contributed by atoms with Crippen molar-refractivity contribution in [2.45, 2.75) is 12.5 Å². The average molecular weight is 238 g/mol. The van der Waals surface area contributed by atoms with E-state index in [4.69, 9.17) is 16.6 Å². The molecule has 0 aliphatic carbocycles. The number of ketones is 1. The Morgan fingerprint density at radius 3 is 2.53 bits per heavy atom. The lowest BCUT2D eigenvalue weighted by atomic mass is 9.97. The quantitative estimate of drug-likeness (QED) is 0.511.